The van der Waals surface area contributed by atoms with Gasteiger partial charge in [-0.3, -0.25) is 0 Å². The summed E-state index contributed by atoms with van der Waals surface area (Å²) in [6, 6.07) is 14.0. The molecular weight excluding hydrogens is 359 g/mol. The minimum absolute atomic E-state index is 0.266. The Balaban J connectivity index is 1.48. The molecule has 1 fully saturated rings. The lowest BCUT2D eigenvalue weighted by Crippen LogP contribution is -2.07. The maximum Gasteiger partial charge on any atom is 0.165 e. The van der Waals surface area contributed by atoms with E-state index in [1.54, 1.807) is 12.1 Å². The molecule has 1 aliphatic carbocycles. The van der Waals surface area contributed by atoms with Gasteiger partial charge in [-0.2, -0.15) is 0 Å². The number of halogens is 1. The van der Waals surface area contributed by atoms with Gasteiger partial charge >= 0.3 is 0 Å². The maximum atomic E-state index is 14.4. The topological polar surface area (TPSA) is 9.23 Å². The zero-order chi connectivity index (χ0) is 20.3. The molecule has 0 atom stereocenters. The second-order valence-electron chi connectivity index (χ2n) is 8.65. The predicted molar refractivity (Wildman–Crippen MR) is 121 cm³/mol. The fraction of sp³-hybridized carbons (Fsp3) is 0.556. The molecule has 0 heterocycles. The van der Waals surface area contributed by atoms with E-state index in [0.717, 1.165) is 36.3 Å². The van der Waals surface area contributed by atoms with Crippen molar-refractivity contribution in [3.63, 3.8) is 0 Å². The summed E-state index contributed by atoms with van der Waals surface area (Å²) in [5.41, 5.74) is 3.37. The second-order valence-corrected chi connectivity index (χ2v) is 8.65. The normalized spacial score (nSPS) is 14.8. The van der Waals surface area contributed by atoms with E-state index in [1.165, 1.54) is 63.4 Å². The standard InChI is InChI=1S/C27H37FO/c1-2-3-4-5-9-20-29-27-19-18-25(21-26(27)28)24-16-14-23(15-17-24)13-12-22-10-7-6-8-11-22/h14-19,21-22H,2-13,20H2,1H3. The smallest absolute Gasteiger partial charge is 0.165 e. The molecule has 1 saturated carbocycles. The van der Waals surface area contributed by atoms with Crippen LogP contribution in [0.25, 0.3) is 11.1 Å². The quantitative estimate of drug-likeness (QED) is 0.347. The van der Waals surface area contributed by atoms with Gasteiger partial charge in [-0.1, -0.05) is 95.0 Å². The summed E-state index contributed by atoms with van der Waals surface area (Å²) in [4.78, 5) is 0. The zero-order valence-electron chi connectivity index (χ0n) is 18.1. The molecule has 0 aromatic heterocycles. The Morgan fingerprint density at radius 1 is 0.862 bits per heavy atom. The van der Waals surface area contributed by atoms with Crippen molar-refractivity contribution in [2.75, 3.05) is 6.61 Å². The molecule has 0 unspecified atom stereocenters. The van der Waals surface area contributed by atoms with Crippen molar-refractivity contribution >= 4 is 0 Å². The van der Waals surface area contributed by atoms with Crippen LogP contribution in [0, 0.1) is 11.7 Å². The third-order valence-corrected chi connectivity index (χ3v) is 6.29. The monoisotopic (exact) mass is 396 g/mol. The minimum atomic E-state index is -0.266. The largest absolute Gasteiger partial charge is 0.491 e. The van der Waals surface area contributed by atoms with Gasteiger partial charge in [0.15, 0.2) is 11.6 Å². The van der Waals surface area contributed by atoms with Crippen LogP contribution in [0.3, 0.4) is 0 Å². The van der Waals surface area contributed by atoms with E-state index in [1.807, 2.05) is 6.07 Å². The maximum absolute atomic E-state index is 14.4. The van der Waals surface area contributed by atoms with E-state index in [0.29, 0.717) is 12.4 Å². The fourth-order valence-electron chi connectivity index (χ4n) is 4.40. The Bertz CT molecular complexity index is 716. The summed E-state index contributed by atoms with van der Waals surface area (Å²) in [5.74, 6) is 1.02. The second kappa shape index (κ2) is 12.0. The zero-order valence-corrected chi connectivity index (χ0v) is 18.1. The van der Waals surface area contributed by atoms with Crippen LogP contribution in [-0.2, 0) is 6.42 Å². The highest BCUT2D eigenvalue weighted by atomic mass is 19.1. The van der Waals surface area contributed by atoms with Crippen LogP contribution in [-0.4, -0.2) is 6.61 Å². The average Bonchev–Trinajstić information content (AvgIpc) is 2.77. The molecule has 0 aliphatic heterocycles. The molecule has 2 heteroatoms. The van der Waals surface area contributed by atoms with Crippen molar-refractivity contribution in [1.82, 2.24) is 0 Å². The molecule has 0 bridgehead atoms. The van der Waals surface area contributed by atoms with Gasteiger partial charge in [-0.15, -0.1) is 0 Å². The summed E-state index contributed by atoms with van der Waals surface area (Å²) in [6.45, 7) is 2.80. The molecule has 3 rings (SSSR count). The van der Waals surface area contributed by atoms with Crippen LogP contribution in [0.4, 0.5) is 4.39 Å². The molecule has 1 nitrogen and oxygen atoms in total. The van der Waals surface area contributed by atoms with Crippen LogP contribution in [0.2, 0.25) is 0 Å². The first-order chi connectivity index (χ1) is 14.3. The van der Waals surface area contributed by atoms with Crippen LogP contribution in [0.1, 0.15) is 83.1 Å². The van der Waals surface area contributed by atoms with Crippen molar-refractivity contribution in [2.24, 2.45) is 5.92 Å². The van der Waals surface area contributed by atoms with E-state index >= 15 is 0 Å². The lowest BCUT2D eigenvalue weighted by molar-refractivity contribution is 0.290. The van der Waals surface area contributed by atoms with E-state index < -0.39 is 0 Å². The summed E-state index contributed by atoms with van der Waals surface area (Å²) in [6.07, 6.45) is 15.4. The Kier molecular flexibility index (Phi) is 9.05. The lowest BCUT2D eigenvalue weighted by Gasteiger charge is -2.21. The summed E-state index contributed by atoms with van der Waals surface area (Å²) in [5, 5.41) is 0. The average molecular weight is 397 g/mol. The molecule has 29 heavy (non-hydrogen) atoms. The van der Waals surface area contributed by atoms with Crippen molar-refractivity contribution in [2.45, 2.75) is 84.0 Å². The first kappa shape index (κ1) is 21.9. The molecule has 2 aromatic carbocycles. The molecule has 0 radical (unpaired) electrons. The number of unbranched alkanes of at least 4 members (excludes halogenated alkanes) is 4. The number of aryl methyl sites for hydroxylation is 1. The van der Waals surface area contributed by atoms with Gasteiger partial charge in [0.2, 0.25) is 0 Å². The van der Waals surface area contributed by atoms with E-state index in [9.17, 15) is 4.39 Å². The van der Waals surface area contributed by atoms with E-state index in [-0.39, 0.29) is 5.82 Å². The summed E-state index contributed by atoms with van der Waals surface area (Å²) >= 11 is 0. The highest BCUT2D eigenvalue weighted by Crippen LogP contribution is 2.29. The first-order valence-electron chi connectivity index (χ1n) is 11.8. The Labute approximate surface area is 176 Å². The summed E-state index contributed by atoms with van der Waals surface area (Å²) < 4.78 is 20.1. The number of rotatable bonds is 11. The minimum Gasteiger partial charge on any atom is -0.491 e. The van der Waals surface area contributed by atoms with Crippen molar-refractivity contribution < 1.29 is 9.13 Å². The molecule has 0 saturated heterocycles. The predicted octanol–water partition coefficient (Wildman–Crippen LogP) is 8.35. The fourth-order valence-corrected chi connectivity index (χ4v) is 4.40. The van der Waals surface area contributed by atoms with Gasteiger partial charge in [-0.05, 0) is 54.0 Å². The highest BCUT2D eigenvalue weighted by Gasteiger charge is 2.13. The van der Waals surface area contributed by atoms with Gasteiger partial charge in [0.1, 0.15) is 0 Å². The third-order valence-electron chi connectivity index (χ3n) is 6.29. The number of hydrogen-bond acceptors (Lipinski definition) is 1. The van der Waals surface area contributed by atoms with Gasteiger partial charge in [0, 0.05) is 0 Å². The van der Waals surface area contributed by atoms with Gasteiger partial charge in [-0.25, -0.2) is 4.39 Å². The number of ether oxygens (including phenoxy) is 1. The van der Waals surface area contributed by atoms with Crippen molar-refractivity contribution in [3.8, 4) is 16.9 Å². The Morgan fingerprint density at radius 3 is 2.31 bits per heavy atom. The Hall–Kier alpha value is -1.83. The Morgan fingerprint density at radius 2 is 1.59 bits per heavy atom. The van der Waals surface area contributed by atoms with Crippen molar-refractivity contribution in [3.05, 3.63) is 53.8 Å². The molecular formula is C27H37FO. The van der Waals surface area contributed by atoms with Crippen LogP contribution in [0.5, 0.6) is 5.75 Å². The molecule has 1 aliphatic rings. The molecule has 2 aromatic rings. The van der Waals surface area contributed by atoms with Gasteiger partial charge in [0.25, 0.3) is 0 Å². The van der Waals surface area contributed by atoms with E-state index in [2.05, 4.69) is 31.2 Å². The van der Waals surface area contributed by atoms with E-state index in [4.69, 9.17) is 4.74 Å². The molecule has 0 amide bonds. The highest BCUT2D eigenvalue weighted by molar-refractivity contribution is 5.64. The number of hydrogen-bond donors (Lipinski definition) is 0. The third kappa shape index (κ3) is 7.17. The molecule has 158 valence electrons. The molecule has 0 spiro atoms. The van der Waals surface area contributed by atoms with Crippen LogP contribution < -0.4 is 4.74 Å². The van der Waals surface area contributed by atoms with Gasteiger partial charge < -0.3 is 4.74 Å². The molecule has 0 N–H and O–H groups in total. The van der Waals surface area contributed by atoms with Crippen LogP contribution in [0.15, 0.2) is 42.5 Å². The van der Waals surface area contributed by atoms with Crippen molar-refractivity contribution in [1.29, 1.82) is 0 Å². The first-order valence-corrected chi connectivity index (χ1v) is 11.8. The lowest BCUT2D eigenvalue weighted by atomic mass is 9.85. The SMILES string of the molecule is CCCCCCCOc1ccc(-c2ccc(CCC3CCCCC3)cc2)cc1F. The number of benzene rings is 2. The van der Waals surface area contributed by atoms with Crippen LogP contribution >= 0.6 is 0 Å². The summed E-state index contributed by atoms with van der Waals surface area (Å²) in [7, 11) is 0. The van der Waals surface area contributed by atoms with Gasteiger partial charge in [0.05, 0.1) is 6.61 Å².